The van der Waals surface area contributed by atoms with Crippen molar-refractivity contribution in [2.75, 3.05) is 6.54 Å². The molecule has 3 nitrogen and oxygen atoms in total. The Balaban J connectivity index is 1.97. The van der Waals surface area contributed by atoms with Crippen molar-refractivity contribution in [3.8, 4) is 0 Å². The van der Waals surface area contributed by atoms with E-state index in [9.17, 15) is 8.78 Å². The SMILES string of the molecule is CCCn1c(CC2CCCCN2)nc2cc(F)c(F)cc21. The second-order valence-electron chi connectivity index (χ2n) is 5.79. The smallest absolute Gasteiger partial charge is 0.161 e. The van der Waals surface area contributed by atoms with Crippen LogP contribution in [-0.2, 0) is 13.0 Å². The van der Waals surface area contributed by atoms with Gasteiger partial charge in [-0.15, -0.1) is 0 Å². The Hall–Kier alpha value is -1.49. The van der Waals surface area contributed by atoms with Crippen LogP contribution in [0.25, 0.3) is 11.0 Å². The average Bonchev–Trinajstić information content (AvgIpc) is 2.79. The van der Waals surface area contributed by atoms with Crippen molar-refractivity contribution in [1.82, 2.24) is 14.9 Å². The summed E-state index contributed by atoms with van der Waals surface area (Å²) in [5.41, 5.74) is 1.25. The summed E-state index contributed by atoms with van der Waals surface area (Å²) < 4.78 is 28.9. The number of piperidine rings is 1. The standard InChI is InChI=1S/C16H21F2N3/c1-2-7-21-15-10-13(18)12(17)9-14(15)20-16(21)8-11-5-3-4-6-19-11/h9-11,19H,2-8H2,1H3. The highest BCUT2D eigenvalue weighted by atomic mass is 19.2. The molecule has 3 rings (SSSR count). The lowest BCUT2D eigenvalue weighted by molar-refractivity contribution is 0.390. The molecule has 0 amide bonds. The highest BCUT2D eigenvalue weighted by molar-refractivity contribution is 5.76. The maximum Gasteiger partial charge on any atom is 0.161 e. The molecule has 1 atom stereocenters. The van der Waals surface area contributed by atoms with Crippen LogP contribution in [0.1, 0.15) is 38.4 Å². The molecule has 0 radical (unpaired) electrons. The van der Waals surface area contributed by atoms with Crippen molar-refractivity contribution in [3.05, 3.63) is 29.6 Å². The Morgan fingerprint density at radius 3 is 2.81 bits per heavy atom. The molecular formula is C16H21F2N3. The Kier molecular flexibility index (Phi) is 4.19. The summed E-state index contributed by atoms with van der Waals surface area (Å²) >= 11 is 0. The minimum atomic E-state index is -0.828. The summed E-state index contributed by atoms with van der Waals surface area (Å²) in [4.78, 5) is 4.54. The Morgan fingerprint density at radius 1 is 1.29 bits per heavy atom. The normalized spacial score (nSPS) is 19.3. The number of benzene rings is 1. The van der Waals surface area contributed by atoms with Gasteiger partial charge >= 0.3 is 0 Å². The number of hydrogen-bond acceptors (Lipinski definition) is 2. The third-order valence-corrected chi connectivity index (χ3v) is 4.16. The van der Waals surface area contributed by atoms with Gasteiger partial charge in [-0.2, -0.15) is 0 Å². The van der Waals surface area contributed by atoms with E-state index < -0.39 is 11.6 Å². The first-order valence-electron chi connectivity index (χ1n) is 7.76. The number of imidazole rings is 1. The lowest BCUT2D eigenvalue weighted by Crippen LogP contribution is -2.36. The van der Waals surface area contributed by atoms with E-state index in [0.717, 1.165) is 38.2 Å². The molecule has 1 aliphatic rings. The molecule has 1 aliphatic heterocycles. The van der Waals surface area contributed by atoms with E-state index in [2.05, 4.69) is 17.2 Å². The van der Waals surface area contributed by atoms with Gasteiger partial charge in [-0.3, -0.25) is 0 Å². The van der Waals surface area contributed by atoms with Gasteiger partial charge in [0.15, 0.2) is 11.6 Å². The van der Waals surface area contributed by atoms with E-state index in [-0.39, 0.29) is 0 Å². The zero-order valence-corrected chi connectivity index (χ0v) is 12.3. The number of nitrogens with zero attached hydrogens (tertiary/aromatic N) is 2. The van der Waals surface area contributed by atoms with Crippen LogP contribution in [0, 0.1) is 11.6 Å². The van der Waals surface area contributed by atoms with Gasteiger partial charge in [0.25, 0.3) is 0 Å². The van der Waals surface area contributed by atoms with Gasteiger partial charge in [-0.25, -0.2) is 13.8 Å². The van der Waals surface area contributed by atoms with Crippen molar-refractivity contribution in [2.24, 2.45) is 0 Å². The zero-order valence-electron chi connectivity index (χ0n) is 12.3. The highest BCUT2D eigenvalue weighted by Gasteiger charge is 2.19. The summed E-state index contributed by atoms with van der Waals surface area (Å²) in [5, 5.41) is 3.50. The number of aryl methyl sites for hydroxylation is 1. The van der Waals surface area contributed by atoms with Gasteiger partial charge in [0.05, 0.1) is 11.0 Å². The van der Waals surface area contributed by atoms with Crippen LogP contribution < -0.4 is 5.32 Å². The minimum Gasteiger partial charge on any atom is -0.328 e. The van der Waals surface area contributed by atoms with Crippen LogP contribution in [0.2, 0.25) is 0 Å². The molecule has 0 saturated carbocycles. The average molecular weight is 293 g/mol. The van der Waals surface area contributed by atoms with Crippen molar-refractivity contribution < 1.29 is 8.78 Å². The summed E-state index contributed by atoms with van der Waals surface area (Å²) in [7, 11) is 0. The molecule has 114 valence electrons. The zero-order chi connectivity index (χ0) is 14.8. The van der Waals surface area contributed by atoms with E-state index in [1.54, 1.807) is 0 Å². The third kappa shape index (κ3) is 2.93. The maximum atomic E-state index is 13.5. The van der Waals surface area contributed by atoms with E-state index in [1.165, 1.54) is 25.0 Å². The van der Waals surface area contributed by atoms with Crippen molar-refractivity contribution in [2.45, 2.75) is 51.6 Å². The second-order valence-corrected chi connectivity index (χ2v) is 5.79. The van der Waals surface area contributed by atoms with E-state index >= 15 is 0 Å². The summed E-state index contributed by atoms with van der Waals surface area (Å²) in [5.74, 6) is -0.704. The lowest BCUT2D eigenvalue weighted by Gasteiger charge is -2.23. The fourth-order valence-corrected chi connectivity index (χ4v) is 3.12. The first kappa shape index (κ1) is 14.4. The lowest BCUT2D eigenvalue weighted by atomic mass is 10.0. The van der Waals surface area contributed by atoms with Crippen LogP contribution in [-0.4, -0.2) is 22.1 Å². The molecule has 1 unspecified atom stereocenters. The van der Waals surface area contributed by atoms with Gasteiger partial charge in [0, 0.05) is 31.1 Å². The Labute approximate surface area is 123 Å². The highest BCUT2D eigenvalue weighted by Crippen LogP contribution is 2.22. The molecule has 1 aromatic carbocycles. The summed E-state index contributed by atoms with van der Waals surface area (Å²) in [6, 6.07) is 2.89. The molecule has 0 bridgehead atoms. The number of fused-ring (bicyclic) bond motifs is 1. The molecule has 1 aromatic heterocycles. The monoisotopic (exact) mass is 293 g/mol. The Bertz CT molecular complexity index is 630. The molecule has 0 aliphatic carbocycles. The van der Waals surface area contributed by atoms with Gasteiger partial charge in [-0.05, 0) is 25.8 Å². The molecule has 2 aromatic rings. The number of aromatic nitrogens is 2. The first-order chi connectivity index (χ1) is 10.2. The molecule has 1 saturated heterocycles. The molecule has 5 heteroatoms. The number of halogens is 2. The van der Waals surface area contributed by atoms with Crippen molar-refractivity contribution in [1.29, 1.82) is 0 Å². The molecule has 1 fully saturated rings. The van der Waals surface area contributed by atoms with Crippen LogP contribution in [0.5, 0.6) is 0 Å². The van der Waals surface area contributed by atoms with E-state index in [0.29, 0.717) is 17.1 Å². The molecule has 2 heterocycles. The quantitative estimate of drug-likeness (QED) is 0.936. The van der Waals surface area contributed by atoms with Crippen molar-refractivity contribution in [3.63, 3.8) is 0 Å². The van der Waals surface area contributed by atoms with Crippen molar-refractivity contribution >= 4 is 11.0 Å². The van der Waals surface area contributed by atoms with Crippen LogP contribution in [0.3, 0.4) is 0 Å². The maximum absolute atomic E-state index is 13.5. The van der Waals surface area contributed by atoms with E-state index in [4.69, 9.17) is 0 Å². The summed E-state index contributed by atoms with van der Waals surface area (Å²) in [6.07, 6.45) is 5.35. The molecule has 0 spiro atoms. The number of nitrogens with one attached hydrogen (secondary N) is 1. The predicted octanol–water partition coefficient (Wildman–Crippen LogP) is 3.41. The van der Waals surface area contributed by atoms with Gasteiger partial charge < -0.3 is 9.88 Å². The van der Waals surface area contributed by atoms with Gasteiger partial charge in [0.1, 0.15) is 5.82 Å². The largest absolute Gasteiger partial charge is 0.328 e. The fraction of sp³-hybridized carbons (Fsp3) is 0.562. The van der Waals surface area contributed by atoms with E-state index in [1.807, 2.05) is 4.57 Å². The Morgan fingerprint density at radius 2 is 2.10 bits per heavy atom. The van der Waals surface area contributed by atoms with Crippen LogP contribution in [0.4, 0.5) is 8.78 Å². The summed E-state index contributed by atoms with van der Waals surface area (Å²) in [6.45, 7) is 3.90. The predicted molar refractivity (Wildman–Crippen MR) is 79.3 cm³/mol. The van der Waals surface area contributed by atoms with Crippen LogP contribution >= 0.6 is 0 Å². The first-order valence-corrected chi connectivity index (χ1v) is 7.76. The topological polar surface area (TPSA) is 29.9 Å². The minimum absolute atomic E-state index is 0.417. The number of rotatable bonds is 4. The fourth-order valence-electron chi connectivity index (χ4n) is 3.12. The number of hydrogen-bond donors (Lipinski definition) is 1. The molecular weight excluding hydrogens is 272 g/mol. The molecule has 21 heavy (non-hydrogen) atoms. The van der Waals surface area contributed by atoms with Gasteiger partial charge in [0.2, 0.25) is 0 Å². The molecule has 1 N–H and O–H groups in total. The van der Waals surface area contributed by atoms with Crippen LogP contribution in [0.15, 0.2) is 12.1 Å². The third-order valence-electron chi connectivity index (χ3n) is 4.16. The van der Waals surface area contributed by atoms with Gasteiger partial charge in [-0.1, -0.05) is 13.3 Å². The second kappa shape index (κ2) is 6.10.